The molecule has 12 heteroatoms. The first kappa shape index (κ1) is 52.1. The van der Waals surface area contributed by atoms with E-state index in [-0.39, 0.29) is 51.9 Å². The number of unbranched alkanes of at least 4 members (excludes halogenated alkanes) is 5. The highest BCUT2D eigenvalue weighted by molar-refractivity contribution is 7.47. The molecule has 0 fully saturated rings. The Balaban J connectivity index is 4.54. The minimum atomic E-state index is -4.47. The van der Waals surface area contributed by atoms with Crippen molar-refractivity contribution in [3.05, 3.63) is 85.1 Å². The first-order chi connectivity index (χ1) is 26.6. The SMILES string of the molecule is CC/C=C\C/C=C\C/C=C\C/C=C\C[C@@H](O)[C@H](O)CCCC(=O)O[C@H](COC(=O)CCCC/C=C\C/C=C\C/C=C\CCCCC)COP(=O)(O)OCCN. The topological polar surface area (TPSA) is 175 Å². The Bertz CT molecular complexity index is 1210. The van der Waals surface area contributed by atoms with Gasteiger partial charge in [-0.2, -0.15) is 0 Å². The fraction of sp³-hybridized carbons (Fsp3) is 0.628. The second-order valence-corrected chi connectivity index (χ2v) is 14.5. The largest absolute Gasteiger partial charge is 0.472 e. The highest BCUT2D eigenvalue weighted by Crippen LogP contribution is 2.43. The molecular weight excluding hydrogens is 721 g/mol. The van der Waals surface area contributed by atoms with Gasteiger partial charge in [0.15, 0.2) is 6.10 Å². The summed E-state index contributed by atoms with van der Waals surface area (Å²) >= 11 is 0. The summed E-state index contributed by atoms with van der Waals surface area (Å²) in [6, 6.07) is 0. The monoisotopic (exact) mass is 793 g/mol. The first-order valence-corrected chi connectivity index (χ1v) is 21.7. The number of rotatable bonds is 36. The molecule has 5 N–H and O–H groups in total. The predicted octanol–water partition coefficient (Wildman–Crippen LogP) is 9.21. The molecule has 11 nitrogen and oxygen atoms in total. The lowest BCUT2D eigenvalue weighted by molar-refractivity contribution is -0.161. The van der Waals surface area contributed by atoms with Crippen molar-refractivity contribution < 1.29 is 47.8 Å². The van der Waals surface area contributed by atoms with Crippen molar-refractivity contribution in [1.82, 2.24) is 0 Å². The van der Waals surface area contributed by atoms with Crippen LogP contribution in [0.5, 0.6) is 0 Å². The van der Waals surface area contributed by atoms with Gasteiger partial charge in [0.05, 0.1) is 25.4 Å². The van der Waals surface area contributed by atoms with Gasteiger partial charge in [0, 0.05) is 19.4 Å². The summed E-state index contributed by atoms with van der Waals surface area (Å²) in [5, 5.41) is 20.7. The molecular formula is C43H72NO10P. The van der Waals surface area contributed by atoms with Gasteiger partial charge in [0.1, 0.15) is 6.61 Å². The van der Waals surface area contributed by atoms with Gasteiger partial charge in [-0.25, -0.2) is 4.57 Å². The number of phosphoric ester groups is 1. The van der Waals surface area contributed by atoms with Crippen LogP contribution in [0.25, 0.3) is 0 Å². The van der Waals surface area contributed by atoms with Gasteiger partial charge in [-0.1, -0.05) is 112 Å². The van der Waals surface area contributed by atoms with Gasteiger partial charge < -0.3 is 30.3 Å². The van der Waals surface area contributed by atoms with Crippen molar-refractivity contribution in [3.8, 4) is 0 Å². The molecule has 0 saturated heterocycles. The Morgan fingerprint density at radius 2 is 1.16 bits per heavy atom. The summed E-state index contributed by atoms with van der Waals surface area (Å²) in [4.78, 5) is 34.8. The number of carbonyl (C=O) groups excluding carboxylic acids is 2. The lowest BCUT2D eigenvalue weighted by Gasteiger charge is -2.20. The van der Waals surface area contributed by atoms with Crippen molar-refractivity contribution in [1.29, 1.82) is 0 Å². The Hall–Kier alpha value is -2.89. The van der Waals surface area contributed by atoms with Gasteiger partial charge >= 0.3 is 19.8 Å². The second-order valence-electron chi connectivity index (χ2n) is 13.1. The number of hydrogen-bond donors (Lipinski definition) is 4. The number of carbonyl (C=O) groups is 2. The molecule has 0 aromatic heterocycles. The third-order valence-electron chi connectivity index (χ3n) is 7.97. The fourth-order valence-electron chi connectivity index (χ4n) is 4.84. The molecule has 0 spiro atoms. The normalized spacial score (nSPS) is 15.4. The Morgan fingerprint density at radius 1 is 0.636 bits per heavy atom. The van der Waals surface area contributed by atoms with E-state index in [4.69, 9.17) is 24.3 Å². The van der Waals surface area contributed by atoms with Gasteiger partial charge in [-0.05, 0) is 89.9 Å². The standard InChI is InChI=1S/C43H72NO10P/c1-3-5-7-9-11-13-15-17-18-19-21-23-25-27-29-33-42(47)51-37-39(38-53-55(49,50)52-36-35-44)54-43(48)34-30-32-41(46)40(45)31-28-26-24-22-20-16-14-12-10-8-6-4-2/h6,8,11-14,17-18,20-23,26,28,39-41,45-46H,3-5,7,9-10,15-16,19,24-25,27,29-38,44H2,1-2H3,(H,49,50)/b8-6-,13-11-,14-12-,18-17-,22-20-,23-21-,28-26-/t39-,40-,41-/m1/s1. The van der Waals surface area contributed by atoms with Crippen LogP contribution < -0.4 is 5.73 Å². The van der Waals surface area contributed by atoms with Crippen LogP contribution in [0.2, 0.25) is 0 Å². The highest BCUT2D eigenvalue weighted by Gasteiger charge is 2.26. The van der Waals surface area contributed by atoms with Gasteiger partial charge in [-0.15, -0.1) is 0 Å². The average molecular weight is 794 g/mol. The zero-order valence-corrected chi connectivity index (χ0v) is 34.5. The van der Waals surface area contributed by atoms with Gasteiger partial charge in [-0.3, -0.25) is 18.6 Å². The number of aliphatic hydroxyl groups is 2. The zero-order chi connectivity index (χ0) is 40.7. The molecule has 55 heavy (non-hydrogen) atoms. The predicted molar refractivity (Wildman–Crippen MR) is 222 cm³/mol. The zero-order valence-electron chi connectivity index (χ0n) is 33.6. The number of phosphoric acid groups is 1. The van der Waals surface area contributed by atoms with Crippen molar-refractivity contribution in [2.24, 2.45) is 5.73 Å². The molecule has 0 heterocycles. The maximum atomic E-state index is 12.6. The molecule has 0 amide bonds. The second kappa shape index (κ2) is 38.0. The van der Waals surface area contributed by atoms with Crippen LogP contribution in [0.15, 0.2) is 85.1 Å². The summed E-state index contributed by atoms with van der Waals surface area (Å²) in [5.41, 5.74) is 5.32. The van der Waals surface area contributed by atoms with Crippen LogP contribution in [-0.4, -0.2) is 71.7 Å². The Kier molecular flexibility index (Phi) is 36.0. The summed E-state index contributed by atoms with van der Waals surface area (Å²) in [7, 11) is -4.47. The maximum Gasteiger partial charge on any atom is 0.472 e. The number of aliphatic hydroxyl groups excluding tert-OH is 2. The number of allylic oxidation sites excluding steroid dienone is 13. The molecule has 0 aromatic carbocycles. The van der Waals surface area contributed by atoms with E-state index in [1.54, 1.807) is 0 Å². The average Bonchev–Trinajstić information content (AvgIpc) is 3.16. The van der Waals surface area contributed by atoms with Crippen LogP contribution in [0, 0.1) is 0 Å². The Labute approximate surface area is 331 Å². The summed E-state index contributed by atoms with van der Waals surface area (Å²) in [5.74, 6) is -1.17. The van der Waals surface area contributed by atoms with E-state index in [2.05, 4.69) is 80.7 Å². The fourth-order valence-corrected chi connectivity index (χ4v) is 5.61. The third-order valence-corrected chi connectivity index (χ3v) is 8.95. The number of hydrogen-bond acceptors (Lipinski definition) is 10. The van der Waals surface area contributed by atoms with Crippen LogP contribution in [0.1, 0.15) is 129 Å². The molecule has 0 bridgehead atoms. The van der Waals surface area contributed by atoms with Crippen molar-refractivity contribution in [3.63, 3.8) is 0 Å². The summed E-state index contributed by atoms with van der Waals surface area (Å²) in [6.07, 6.45) is 39.3. The lowest BCUT2D eigenvalue weighted by Crippen LogP contribution is -2.30. The lowest BCUT2D eigenvalue weighted by atomic mass is 10.0. The van der Waals surface area contributed by atoms with Crippen LogP contribution in [0.4, 0.5) is 0 Å². The van der Waals surface area contributed by atoms with E-state index < -0.39 is 44.7 Å². The molecule has 4 atom stereocenters. The Morgan fingerprint density at radius 3 is 1.73 bits per heavy atom. The molecule has 0 radical (unpaired) electrons. The van der Waals surface area contributed by atoms with E-state index in [0.717, 1.165) is 57.8 Å². The van der Waals surface area contributed by atoms with Crippen molar-refractivity contribution >= 4 is 19.8 Å². The van der Waals surface area contributed by atoms with E-state index in [1.807, 2.05) is 18.2 Å². The number of ether oxygens (including phenoxy) is 2. The molecule has 0 rings (SSSR count). The minimum absolute atomic E-state index is 0.00209. The van der Waals surface area contributed by atoms with E-state index >= 15 is 0 Å². The van der Waals surface area contributed by atoms with E-state index in [9.17, 15) is 29.3 Å². The van der Waals surface area contributed by atoms with E-state index in [1.165, 1.54) is 19.3 Å². The molecule has 0 aliphatic heterocycles. The molecule has 0 saturated carbocycles. The highest BCUT2D eigenvalue weighted by atomic mass is 31.2. The van der Waals surface area contributed by atoms with E-state index in [0.29, 0.717) is 6.42 Å². The van der Waals surface area contributed by atoms with Gasteiger partial charge in [0.2, 0.25) is 0 Å². The molecule has 314 valence electrons. The number of nitrogens with two attached hydrogens (primary N) is 1. The molecule has 0 aliphatic carbocycles. The molecule has 0 aromatic rings. The van der Waals surface area contributed by atoms with Crippen LogP contribution in [0.3, 0.4) is 0 Å². The number of esters is 2. The third kappa shape index (κ3) is 36.5. The summed E-state index contributed by atoms with van der Waals surface area (Å²) in [6.45, 7) is 3.16. The maximum absolute atomic E-state index is 12.6. The molecule has 1 unspecified atom stereocenters. The van der Waals surface area contributed by atoms with Crippen molar-refractivity contribution in [2.45, 2.75) is 148 Å². The minimum Gasteiger partial charge on any atom is -0.462 e. The van der Waals surface area contributed by atoms with Crippen LogP contribution >= 0.6 is 7.82 Å². The van der Waals surface area contributed by atoms with Crippen LogP contribution in [-0.2, 0) is 32.7 Å². The molecule has 0 aliphatic rings. The van der Waals surface area contributed by atoms with Crippen molar-refractivity contribution in [2.75, 3.05) is 26.4 Å². The first-order valence-electron chi connectivity index (χ1n) is 20.2. The quantitative estimate of drug-likeness (QED) is 0.0206. The smallest absolute Gasteiger partial charge is 0.462 e. The van der Waals surface area contributed by atoms with Gasteiger partial charge in [0.25, 0.3) is 0 Å². The summed E-state index contributed by atoms with van der Waals surface area (Å²) < 4.78 is 32.5.